The van der Waals surface area contributed by atoms with E-state index in [-0.39, 0.29) is 11.5 Å². The summed E-state index contributed by atoms with van der Waals surface area (Å²) in [6.07, 6.45) is 3.48. The first-order valence-electron chi connectivity index (χ1n) is 10.5. The number of thioether (sulfide) groups is 2. The molecule has 34 heavy (non-hydrogen) atoms. The Hall–Kier alpha value is -3.36. The fourth-order valence-electron chi connectivity index (χ4n) is 3.43. The molecule has 0 unspecified atom stereocenters. The standard InChI is InChI=1S/C26H24N2O4S2/c1-31-19-9-11-21(33-15-17-7-3-5-13-27-17)25(29)23(19)24-20(32-2)10-12-22(26(24)30)34-16-18-8-4-6-14-28-18/h3-14,29-30H,15-16H2,1-2H3. The maximum Gasteiger partial charge on any atom is 0.140 e. The molecular weight excluding hydrogens is 468 g/mol. The van der Waals surface area contributed by atoms with Crippen molar-refractivity contribution in [2.45, 2.75) is 21.3 Å². The van der Waals surface area contributed by atoms with Gasteiger partial charge < -0.3 is 19.7 Å². The van der Waals surface area contributed by atoms with Gasteiger partial charge in [-0.25, -0.2) is 0 Å². The highest BCUT2D eigenvalue weighted by Crippen LogP contribution is 2.52. The van der Waals surface area contributed by atoms with Gasteiger partial charge in [0.05, 0.1) is 46.5 Å². The second-order valence-corrected chi connectivity index (χ2v) is 9.23. The summed E-state index contributed by atoms with van der Waals surface area (Å²) in [5, 5.41) is 22.5. The zero-order valence-corrected chi connectivity index (χ0v) is 20.4. The average molecular weight is 493 g/mol. The zero-order chi connectivity index (χ0) is 23.9. The molecule has 2 N–H and O–H groups in total. The fourth-order valence-corrected chi connectivity index (χ4v) is 5.19. The highest BCUT2D eigenvalue weighted by molar-refractivity contribution is 7.98. The Labute approximate surface area is 207 Å². The van der Waals surface area contributed by atoms with Crippen LogP contribution < -0.4 is 9.47 Å². The molecule has 0 saturated carbocycles. The molecule has 4 rings (SSSR count). The lowest BCUT2D eigenvalue weighted by Crippen LogP contribution is -1.95. The zero-order valence-electron chi connectivity index (χ0n) is 18.8. The van der Waals surface area contributed by atoms with E-state index in [1.807, 2.05) is 36.4 Å². The van der Waals surface area contributed by atoms with Crippen LogP contribution in [0.2, 0.25) is 0 Å². The van der Waals surface area contributed by atoms with Gasteiger partial charge in [-0.1, -0.05) is 12.1 Å². The van der Waals surface area contributed by atoms with Crippen molar-refractivity contribution in [1.29, 1.82) is 0 Å². The number of benzene rings is 2. The maximum atomic E-state index is 11.3. The van der Waals surface area contributed by atoms with Crippen LogP contribution in [0.3, 0.4) is 0 Å². The first-order valence-corrected chi connectivity index (χ1v) is 12.4. The van der Waals surface area contributed by atoms with E-state index in [4.69, 9.17) is 9.47 Å². The largest absolute Gasteiger partial charge is 0.506 e. The Bertz CT molecular complexity index is 1160. The van der Waals surface area contributed by atoms with E-state index in [9.17, 15) is 10.2 Å². The van der Waals surface area contributed by atoms with E-state index in [2.05, 4.69) is 9.97 Å². The van der Waals surface area contributed by atoms with Gasteiger partial charge in [-0.3, -0.25) is 9.97 Å². The SMILES string of the molecule is COc1ccc(SCc2ccccn2)c(O)c1-c1c(OC)ccc(SCc2ccccn2)c1O. The van der Waals surface area contributed by atoms with Gasteiger partial charge in [0.25, 0.3) is 0 Å². The number of phenols is 2. The van der Waals surface area contributed by atoms with Crippen molar-refractivity contribution < 1.29 is 19.7 Å². The van der Waals surface area contributed by atoms with Crippen LogP contribution in [-0.2, 0) is 11.5 Å². The summed E-state index contributed by atoms with van der Waals surface area (Å²) < 4.78 is 11.1. The van der Waals surface area contributed by atoms with Gasteiger partial charge in [0.1, 0.15) is 23.0 Å². The van der Waals surface area contributed by atoms with Crippen LogP contribution in [0.15, 0.2) is 82.8 Å². The highest BCUT2D eigenvalue weighted by atomic mass is 32.2. The predicted octanol–water partition coefficient (Wildman–Crippen LogP) is 6.16. The number of rotatable bonds is 9. The van der Waals surface area contributed by atoms with E-state index in [1.54, 1.807) is 36.7 Å². The molecule has 174 valence electrons. The number of ether oxygens (including phenoxy) is 2. The third-order valence-electron chi connectivity index (χ3n) is 5.10. The molecule has 6 nitrogen and oxygen atoms in total. The van der Waals surface area contributed by atoms with Crippen LogP contribution in [0, 0.1) is 0 Å². The van der Waals surface area contributed by atoms with Crippen LogP contribution >= 0.6 is 23.5 Å². The minimum Gasteiger partial charge on any atom is -0.506 e. The van der Waals surface area contributed by atoms with Crippen molar-refractivity contribution in [3.63, 3.8) is 0 Å². The molecule has 4 aromatic rings. The average Bonchev–Trinajstić information content (AvgIpc) is 2.88. The van der Waals surface area contributed by atoms with Gasteiger partial charge in [0.2, 0.25) is 0 Å². The summed E-state index contributed by atoms with van der Waals surface area (Å²) in [5.41, 5.74) is 2.56. The van der Waals surface area contributed by atoms with Gasteiger partial charge in [-0.05, 0) is 48.5 Å². The minimum absolute atomic E-state index is 0.0146. The first kappa shape index (κ1) is 23.8. The summed E-state index contributed by atoms with van der Waals surface area (Å²) in [7, 11) is 3.06. The monoisotopic (exact) mass is 492 g/mol. The molecule has 0 bridgehead atoms. The van der Waals surface area contributed by atoms with Crippen molar-refractivity contribution in [2.75, 3.05) is 14.2 Å². The number of nitrogens with zero attached hydrogens (tertiary/aromatic N) is 2. The molecule has 0 radical (unpaired) electrons. The summed E-state index contributed by atoms with van der Waals surface area (Å²) in [4.78, 5) is 9.98. The number of pyridine rings is 2. The molecule has 0 saturated heterocycles. The Morgan fingerprint density at radius 2 is 1.09 bits per heavy atom. The quantitative estimate of drug-likeness (QED) is 0.269. The highest BCUT2D eigenvalue weighted by Gasteiger charge is 2.24. The van der Waals surface area contributed by atoms with Gasteiger partial charge in [0, 0.05) is 23.9 Å². The van der Waals surface area contributed by atoms with Crippen molar-refractivity contribution >= 4 is 23.5 Å². The minimum atomic E-state index is 0.0146. The lowest BCUT2D eigenvalue weighted by molar-refractivity contribution is 0.397. The Kier molecular flexibility index (Phi) is 7.82. The van der Waals surface area contributed by atoms with Crippen molar-refractivity contribution in [3.05, 3.63) is 84.4 Å². The molecule has 2 aromatic carbocycles. The normalized spacial score (nSPS) is 10.8. The van der Waals surface area contributed by atoms with Gasteiger partial charge >= 0.3 is 0 Å². The number of methoxy groups -OCH3 is 2. The number of hydrogen-bond donors (Lipinski definition) is 2. The predicted molar refractivity (Wildman–Crippen MR) is 136 cm³/mol. The van der Waals surface area contributed by atoms with Gasteiger partial charge in [0.15, 0.2) is 0 Å². The van der Waals surface area contributed by atoms with Gasteiger partial charge in [-0.2, -0.15) is 0 Å². The fraction of sp³-hybridized carbons (Fsp3) is 0.154. The molecule has 2 heterocycles. The third-order valence-corrected chi connectivity index (χ3v) is 7.26. The number of aromatic hydroxyl groups is 2. The second kappa shape index (κ2) is 11.2. The summed E-state index contributed by atoms with van der Waals surface area (Å²) in [6.45, 7) is 0. The molecule has 0 aliphatic heterocycles. The Morgan fingerprint density at radius 3 is 1.44 bits per heavy atom. The van der Waals surface area contributed by atoms with E-state index in [0.29, 0.717) is 43.9 Å². The molecule has 0 aliphatic rings. The molecule has 8 heteroatoms. The second-order valence-electron chi connectivity index (χ2n) is 7.20. The Balaban J connectivity index is 1.72. The summed E-state index contributed by atoms with van der Waals surface area (Å²) >= 11 is 2.91. The van der Waals surface area contributed by atoms with E-state index in [1.165, 1.54) is 37.7 Å². The summed E-state index contributed by atoms with van der Waals surface area (Å²) in [5.74, 6) is 2.06. The van der Waals surface area contributed by atoms with Crippen LogP contribution in [0.1, 0.15) is 11.4 Å². The van der Waals surface area contributed by atoms with Crippen LogP contribution in [0.4, 0.5) is 0 Å². The third kappa shape index (κ3) is 5.24. The van der Waals surface area contributed by atoms with Crippen molar-refractivity contribution in [3.8, 4) is 34.1 Å². The van der Waals surface area contributed by atoms with Crippen LogP contribution in [-0.4, -0.2) is 34.4 Å². The van der Waals surface area contributed by atoms with Crippen molar-refractivity contribution in [2.24, 2.45) is 0 Å². The summed E-state index contributed by atoms with van der Waals surface area (Å²) in [6, 6.07) is 18.6. The number of hydrogen-bond acceptors (Lipinski definition) is 8. The number of phenolic OH excluding ortho intramolecular Hbond substituents is 2. The molecule has 0 amide bonds. The maximum absolute atomic E-state index is 11.3. The van der Waals surface area contributed by atoms with E-state index in [0.717, 1.165) is 11.4 Å². The molecule has 0 atom stereocenters. The van der Waals surface area contributed by atoms with E-state index < -0.39 is 0 Å². The molecule has 2 aromatic heterocycles. The van der Waals surface area contributed by atoms with E-state index >= 15 is 0 Å². The Morgan fingerprint density at radius 1 is 0.647 bits per heavy atom. The first-order chi connectivity index (χ1) is 16.6. The molecule has 0 spiro atoms. The molecule has 0 fully saturated rings. The number of aromatic nitrogens is 2. The van der Waals surface area contributed by atoms with Crippen LogP contribution in [0.25, 0.3) is 11.1 Å². The van der Waals surface area contributed by atoms with Gasteiger partial charge in [-0.15, -0.1) is 23.5 Å². The topological polar surface area (TPSA) is 84.7 Å². The molecular formula is C26H24N2O4S2. The van der Waals surface area contributed by atoms with Crippen molar-refractivity contribution in [1.82, 2.24) is 9.97 Å². The lowest BCUT2D eigenvalue weighted by atomic mass is 10.0. The molecule has 0 aliphatic carbocycles. The van der Waals surface area contributed by atoms with Crippen LogP contribution in [0.5, 0.6) is 23.0 Å². The lowest BCUT2D eigenvalue weighted by Gasteiger charge is -2.19. The smallest absolute Gasteiger partial charge is 0.140 e.